The first-order chi connectivity index (χ1) is 11.0. The summed E-state index contributed by atoms with van der Waals surface area (Å²) in [4.78, 5) is 24.1. The topological polar surface area (TPSA) is 73.2 Å². The van der Waals surface area contributed by atoms with Crippen LogP contribution in [0.5, 0.6) is 5.75 Å². The SMILES string of the molecule is CCCCn1nc(C(=O)Nc2cc(C)ccc2OC)ccc1=O. The Morgan fingerprint density at radius 1 is 1.30 bits per heavy atom. The van der Waals surface area contributed by atoms with E-state index < -0.39 is 0 Å². The number of hydrogen-bond donors (Lipinski definition) is 1. The molecule has 6 heteroatoms. The molecule has 1 aromatic carbocycles. The lowest BCUT2D eigenvalue weighted by Gasteiger charge is -2.11. The summed E-state index contributed by atoms with van der Waals surface area (Å²) in [5, 5.41) is 6.91. The molecule has 23 heavy (non-hydrogen) atoms. The minimum Gasteiger partial charge on any atom is -0.495 e. The summed E-state index contributed by atoms with van der Waals surface area (Å²) >= 11 is 0. The molecule has 0 bridgehead atoms. The molecule has 0 radical (unpaired) electrons. The van der Waals surface area contributed by atoms with Crippen LogP contribution >= 0.6 is 0 Å². The fourth-order valence-electron chi connectivity index (χ4n) is 2.14. The summed E-state index contributed by atoms with van der Waals surface area (Å²) in [5.74, 6) is 0.197. The fourth-order valence-corrected chi connectivity index (χ4v) is 2.14. The van der Waals surface area contributed by atoms with Crippen molar-refractivity contribution < 1.29 is 9.53 Å². The lowest BCUT2D eigenvalue weighted by molar-refractivity contribution is 0.101. The Morgan fingerprint density at radius 2 is 2.09 bits per heavy atom. The quantitative estimate of drug-likeness (QED) is 0.889. The largest absolute Gasteiger partial charge is 0.495 e. The highest BCUT2D eigenvalue weighted by Gasteiger charge is 2.12. The van der Waals surface area contributed by atoms with E-state index in [0.717, 1.165) is 18.4 Å². The van der Waals surface area contributed by atoms with Gasteiger partial charge < -0.3 is 10.1 Å². The minimum atomic E-state index is -0.376. The fraction of sp³-hybridized carbons (Fsp3) is 0.353. The highest BCUT2D eigenvalue weighted by molar-refractivity contribution is 6.03. The highest BCUT2D eigenvalue weighted by atomic mass is 16.5. The zero-order valence-corrected chi connectivity index (χ0v) is 13.6. The number of carbonyl (C=O) groups is 1. The Morgan fingerprint density at radius 3 is 2.78 bits per heavy atom. The van der Waals surface area contributed by atoms with Crippen LogP contribution in [-0.2, 0) is 6.54 Å². The average Bonchev–Trinajstić information content (AvgIpc) is 2.54. The molecule has 0 saturated heterocycles. The molecule has 0 unspecified atom stereocenters. The zero-order chi connectivity index (χ0) is 16.8. The second-order valence-electron chi connectivity index (χ2n) is 5.29. The number of ether oxygens (including phenoxy) is 1. The van der Waals surface area contributed by atoms with E-state index in [4.69, 9.17) is 4.74 Å². The predicted molar refractivity (Wildman–Crippen MR) is 89.1 cm³/mol. The maximum Gasteiger partial charge on any atom is 0.276 e. The number of methoxy groups -OCH3 is 1. The Kier molecular flexibility index (Phi) is 5.51. The third kappa shape index (κ3) is 4.18. The van der Waals surface area contributed by atoms with Gasteiger partial charge >= 0.3 is 0 Å². The van der Waals surface area contributed by atoms with Crippen molar-refractivity contribution in [1.82, 2.24) is 9.78 Å². The van der Waals surface area contributed by atoms with Crippen LogP contribution in [0, 0.1) is 6.92 Å². The summed E-state index contributed by atoms with van der Waals surface area (Å²) in [6.45, 7) is 4.47. The molecule has 0 saturated carbocycles. The number of aryl methyl sites for hydroxylation is 2. The van der Waals surface area contributed by atoms with Gasteiger partial charge in [0.15, 0.2) is 0 Å². The number of anilines is 1. The van der Waals surface area contributed by atoms with Gasteiger partial charge in [0, 0.05) is 12.6 Å². The number of rotatable bonds is 6. The van der Waals surface area contributed by atoms with Crippen LogP contribution in [-0.4, -0.2) is 22.8 Å². The molecular formula is C17H21N3O3. The molecule has 1 N–H and O–H groups in total. The van der Waals surface area contributed by atoms with E-state index in [1.54, 1.807) is 13.2 Å². The summed E-state index contributed by atoms with van der Waals surface area (Å²) in [7, 11) is 1.55. The van der Waals surface area contributed by atoms with Gasteiger partial charge in [0.05, 0.1) is 12.8 Å². The minimum absolute atomic E-state index is 0.198. The van der Waals surface area contributed by atoms with Gasteiger partial charge in [-0.1, -0.05) is 19.4 Å². The Bertz CT molecular complexity index is 753. The van der Waals surface area contributed by atoms with Crippen LogP contribution in [0.4, 0.5) is 5.69 Å². The van der Waals surface area contributed by atoms with Gasteiger partial charge in [0.1, 0.15) is 11.4 Å². The molecule has 1 amide bonds. The third-order valence-corrected chi connectivity index (χ3v) is 3.43. The van der Waals surface area contributed by atoms with Crippen molar-refractivity contribution in [2.75, 3.05) is 12.4 Å². The summed E-state index contributed by atoms with van der Waals surface area (Å²) in [5.41, 5.74) is 1.57. The second kappa shape index (κ2) is 7.58. The number of aromatic nitrogens is 2. The van der Waals surface area contributed by atoms with Crippen molar-refractivity contribution in [3.05, 3.63) is 51.9 Å². The van der Waals surface area contributed by atoms with Gasteiger partial charge in [-0.15, -0.1) is 0 Å². The molecule has 122 valence electrons. The van der Waals surface area contributed by atoms with E-state index in [9.17, 15) is 9.59 Å². The second-order valence-corrected chi connectivity index (χ2v) is 5.29. The molecule has 0 aliphatic rings. The molecule has 1 heterocycles. The van der Waals surface area contributed by atoms with Crippen molar-refractivity contribution >= 4 is 11.6 Å². The summed E-state index contributed by atoms with van der Waals surface area (Å²) in [6, 6.07) is 8.31. The molecule has 2 aromatic rings. The molecule has 0 atom stereocenters. The normalized spacial score (nSPS) is 10.4. The number of nitrogens with zero attached hydrogens (tertiary/aromatic N) is 2. The van der Waals surface area contributed by atoms with E-state index in [2.05, 4.69) is 10.4 Å². The maximum absolute atomic E-state index is 12.4. The first kappa shape index (κ1) is 16.7. The van der Waals surface area contributed by atoms with Crippen LogP contribution in [0.3, 0.4) is 0 Å². The number of carbonyl (C=O) groups excluding carboxylic acids is 1. The lowest BCUT2D eigenvalue weighted by atomic mass is 10.2. The van der Waals surface area contributed by atoms with E-state index in [1.807, 2.05) is 26.0 Å². The Hall–Kier alpha value is -2.63. The molecular weight excluding hydrogens is 294 g/mol. The number of unbranched alkanes of at least 4 members (excludes halogenated alkanes) is 1. The monoisotopic (exact) mass is 315 g/mol. The van der Waals surface area contributed by atoms with Crippen LogP contribution in [0.25, 0.3) is 0 Å². The molecule has 0 aliphatic heterocycles. The van der Waals surface area contributed by atoms with Gasteiger partial charge in [-0.2, -0.15) is 5.10 Å². The maximum atomic E-state index is 12.4. The van der Waals surface area contributed by atoms with Gasteiger partial charge in [-0.25, -0.2) is 4.68 Å². The molecule has 0 aliphatic carbocycles. The average molecular weight is 315 g/mol. The van der Waals surface area contributed by atoms with Crippen LogP contribution in [0.2, 0.25) is 0 Å². The van der Waals surface area contributed by atoms with E-state index in [1.165, 1.54) is 16.8 Å². The van der Waals surface area contributed by atoms with Crippen molar-refractivity contribution in [1.29, 1.82) is 0 Å². The van der Waals surface area contributed by atoms with Gasteiger partial charge in [0.25, 0.3) is 11.5 Å². The molecule has 2 rings (SSSR count). The van der Waals surface area contributed by atoms with E-state index >= 15 is 0 Å². The molecule has 1 aromatic heterocycles. The van der Waals surface area contributed by atoms with Crippen molar-refractivity contribution in [3.8, 4) is 5.75 Å². The lowest BCUT2D eigenvalue weighted by Crippen LogP contribution is -2.26. The number of benzene rings is 1. The standard InChI is InChI=1S/C17H21N3O3/c1-4-5-10-20-16(21)9-7-13(19-20)17(22)18-14-11-12(2)6-8-15(14)23-3/h6-9,11H,4-5,10H2,1-3H3,(H,18,22). The number of amides is 1. The van der Waals surface area contributed by atoms with Gasteiger partial charge in [-0.3, -0.25) is 9.59 Å². The van der Waals surface area contributed by atoms with Crippen molar-refractivity contribution in [3.63, 3.8) is 0 Å². The Labute approximate surface area is 135 Å². The molecule has 0 fully saturated rings. The van der Waals surface area contributed by atoms with E-state index in [0.29, 0.717) is 18.0 Å². The molecule has 0 spiro atoms. The van der Waals surface area contributed by atoms with Gasteiger partial charge in [0.2, 0.25) is 0 Å². The van der Waals surface area contributed by atoms with Crippen LogP contribution in [0.1, 0.15) is 35.8 Å². The number of nitrogens with one attached hydrogen (secondary N) is 1. The third-order valence-electron chi connectivity index (χ3n) is 3.43. The first-order valence-corrected chi connectivity index (χ1v) is 7.59. The molecule has 6 nitrogen and oxygen atoms in total. The van der Waals surface area contributed by atoms with Crippen molar-refractivity contribution in [2.45, 2.75) is 33.2 Å². The van der Waals surface area contributed by atoms with Crippen LogP contribution < -0.4 is 15.6 Å². The van der Waals surface area contributed by atoms with Gasteiger partial charge in [-0.05, 0) is 37.1 Å². The number of hydrogen-bond acceptors (Lipinski definition) is 4. The first-order valence-electron chi connectivity index (χ1n) is 7.59. The highest BCUT2D eigenvalue weighted by Crippen LogP contribution is 2.25. The summed E-state index contributed by atoms with van der Waals surface area (Å²) < 4.78 is 6.57. The smallest absolute Gasteiger partial charge is 0.276 e. The Balaban J connectivity index is 2.24. The van der Waals surface area contributed by atoms with Crippen LogP contribution in [0.15, 0.2) is 35.1 Å². The van der Waals surface area contributed by atoms with E-state index in [-0.39, 0.29) is 17.2 Å². The van der Waals surface area contributed by atoms with Crippen molar-refractivity contribution in [2.24, 2.45) is 0 Å². The summed E-state index contributed by atoms with van der Waals surface area (Å²) in [6.07, 6.45) is 1.79. The zero-order valence-electron chi connectivity index (χ0n) is 13.6. The predicted octanol–water partition coefficient (Wildman–Crippen LogP) is 2.61.